The highest BCUT2D eigenvalue weighted by Crippen LogP contribution is 2.25. The van der Waals surface area contributed by atoms with E-state index in [1.165, 1.54) is 12.3 Å². The van der Waals surface area contributed by atoms with Gasteiger partial charge in [0.15, 0.2) is 9.84 Å². The third-order valence-electron chi connectivity index (χ3n) is 2.53. The van der Waals surface area contributed by atoms with Crippen molar-refractivity contribution in [3.05, 3.63) is 23.2 Å². The molecule has 1 aromatic rings. The number of nitrogens with one attached hydrogen (secondary N) is 2. The lowest BCUT2D eigenvalue weighted by Crippen LogP contribution is -2.26. The molecule has 0 saturated heterocycles. The van der Waals surface area contributed by atoms with Gasteiger partial charge in [-0.1, -0.05) is 11.6 Å². The monoisotopic (exact) mass is 287 g/mol. The quantitative estimate of drug-likeness (QED) is 0.872. The normalized spacial score (nSPS) is 15.1. The zero-order chi connectivity index (χ0) is 13.2. The van der Waals surface area contributed by atoms with Crippen molar-refractivity contribution in [2.75, 3.05) is 31.2 Å². The first kappa shape index (κ1) is 13.2. The summed E-state index contributed by atoms with van der Waals surface area (Å²) >= 11 is 5.88. The molecule has 1 aromatic carbocycles. The Hall–Kier alpha value is -1.27. The second-order valence-electron chi connectivity index (χ2n) is 4.02. The van der Waals surface area contributed by atoms with Crippen molar-refractivity contribution in [2.24, 2.45) is 4.99 Å². The van der Waals surface area contributed by atoms with E-state index in [-0.39, 0.29) is 4.90 Å². The molecule has 0 atom stereocenters. The maximum atomic E-state index is 11.6. The van der Waals surface area contributed by atoms with E-state index in [4.69, 9.17) is 11.6 Å². The fourth-order valence-electron chi connectivity index (χ4n) is 1.71. The number of nitrogens with zero attached hydrogens (tertiary/aromatic N) is 1. The number of sulfone groups is 1. The zero-order valence-electron chi connectivity index (χ0n) is 9.90. The Bertz CT molecular complexity index is 584. The van der Waals surface area contributed by atoms with E-state index in [1.54, 1.807) is 12.1 Å². The topological polar surface area (TPSA) is 70.6 Å². The summed E-state index contributed by atoms with van der Waals surface area (Å²) in [4.78, 5) is 4.47. The van der Waals surface area contributed by atoms with Gasteiger partial charge in [0.05, 0.1) is 23.7 Å². The second-order valence-corrected chi connectivity index (χ2v) is 6.44. The average Bonchev–Trinajstić information content (AvgIpc) is 2.77. The first-order valence-electron chi connectivity index (χ1n) is 5.47. The summed E-state index contributed by atoms with van der Waals surface area (Å²) in [6, 6.07) is 4.67. The molecule has 0 fully saturated rings. The fraction of sp³-hybridized carbons (Fsp3) is 0.364. The van der Waals surface area contributed by atoms with Crippen LogP contribution in [0.1, 0.15) is 0 Å². The molecule has 18 heavy (non-hydrogen) atoms. The summed E-state index contributed by atoms with van der Waals surface area (Å²) in [5.41, 5.74) is 0.501. The molecule has 7 heteroatoms. The first-order valence-corrected chi connectivity index (χ1v) is 7.74. The number of anilines is 1. The van der Waals surface area contributed by atoms with E-state index < -0.39 is 9.84 Å². The van der Waals surface area contributed by atoms with Crippen LogP contribution in [0.2, 0.25) is 5.02 Å². The Balaban J connectivity index is 2.22. The minimum absolute atomic E-state index is 0.241. The first-order chi connectivity index (χ1) is 8.47. The van der Waals surface area contributed by atoms with E-state index >= 15 is 0 Å². The van der Waals surface area contributed by atoms with Crippen molar-refractivity contribution in [1.82, 2.24) is 5.32 Å². The number of aliphatic imine (C=N–C) groups is 1. The van der Waals surface area contributed by atoms with Gasteiger partial charge in [-0.25, -0.2) is 8.42 Å². The average molecular weight is 288 g/mol. The van der Waals surface area contributed by atoms with Gasteiger partial charge in [-0.15, -0.1) is 0 Å². The molecule has 0 aliphatic carbocycles. The molecule has 2 rings (SSSR count). The Morgan fingerprint density at radius 1 is 1.50 bits per heavy atom. The maximum Gasteiger partial charge on any atom is 0.177 e. The molecule has 0 unspecified atom stereocenters. The van der Waals surface area contributed by atoms with Crippen molar-refractivity contribution in [3.63, 3.8) is 0 Å². The molecular formula is C11H14ClN3O2S. The summed E-state index contributed by atoms with van der Waals surface area (Å²) in [6.45, 7) is 2.04. The predicted octanol–water partition coefficient (Wildman–Crippen LogP) is 1.16. The van der Waals surface area contributed by atoms with E-state index in [9.17, 15) is 8.42 Å². The van der Waals surface area contributed by atoms with Gasteiger partial charge in [0.1, 0.15) is 5.84 Å². The highest BCUT2D eigenvalue weighted by atomic mass is 35.5. The van der Waals surface area contributed by atoms with Crippen molar-refractivity contribution in [3.8, 4) is 0 Å². The molecule has 0 bridgehead atoms. The van der Waals surface area contributed by atoms with Crippen molar-refractivity contribution >= 4 is 33.0 Å². The van der Waals surface area contributed by atoms with Crippen LogP contribution in [0.3, 0.4) is 0 Å². The van der Waals surface area contributed by atoms with Crippen molar-refractivity contribution in [2.45, 2.75) is 4.90 Å². The smallest absolute Gasteiger partial charge is 0.177 e. The summed E-state index contributed by atoms with van der Waals surface area (Å²) < 4.78 is 23.3. The number of hydrogen-bond acceptors (Lipinski definition) is 5. The van der Waals surface area contributed by atoms with Gasteiger partial charge in [-0.2, -0.15) is 0 Å². The molecule has 0 amide bonds. The van der Waals surface area contributed by atoms with Crippen molar-refractivity contribution < 1.29 is 8.42 Å². The summed E-state index contributed by atoms with van der Waals surface area (Å²) in [5.74, 6) is 0.828. The van der Waals surface area contributed by atoms with Crippen LogP contribution in [-0.4, -0.2) is 40.1 Å². The molecule has 2 N–H and O–H groups in total. The Labute approximate surface area is 111 Å². The van der Waals surface area contributed by atoms with Crippen LogP contribution >= 0.6 is 11.6 Å². The molecule has 1 heterocycles. The molecular weight excluding hydrogens is 274 g/mol. The van der Waals surface area contributed by atoms with Crippen LogP contribution in [0.25, 0.3) is 0 Å². The fourth-order valence-corrected chi connectivity index (χ4v) is 2.73. The largest absolute Gasteiger partial charge is 0.377 e. The third-order valence-corrected chi connectivity index (χ3v) is 3.92. The van der Waals surface area contributed by atoms with E-state index in [2.05, 4.69) is 15.6 Å². The number of benzene rings is 1. The molecule has 0 spiro atoms. The van der Waals surface area contributed by atoms with Gasteiger partial charge in [-0.05, 0) is 18.2 Å². The Morgan fingerprint density at radius 2 is 2.28 bits per heavy atom. The van der Waals surface area contributed by atoms with Crippen molar-refractivity contribution in [1.29, 1.82) is 0 Å². The van der Waals surface area contributed by atoms with Gasteiger partial charge in [0.2, 0.25) is 0 Å². The Morgan fingerprint density at radius 3 is 2.89 bits per heavy atom. The number of halogens is 1. The third kappa shape index (κ3) is 3.14. The second kappa shape index (κ2) is 5.16. The molecule has 98 valence electrons. The standard InChI is InChI=1S/C11H14ClN3O2S/c1-18(16,17)10-3-2-8(12)6-9(10)15-7-11-13-4-5-14-11/h2-3,6,15H,4-5,7H2,1H3,(H,13,14). The highest BCUT2D eigenvalue weighted by Gasteiger charge is 2.14. The lowest BCUT2D eigenvalue weighted by molar-refractivity contribution is 0.602. The van der Waals surface area contributed by atoms with Gasteiger partial charge in [0, 0.05) is 17.8 Å². The lowest BCUT2D eigenvalue weighted by atomic mass is 10.3. The SMILES string of the molecule is CS(=O)(=O)c1ccc(Cl)cc1NCC1=NCCN1. The molecule has 1 aliphatic rings. The van der Waals surface area contributed by atoms with Gasteiger partial charge < -0.3 is 10.6 Å². The Kier molecular flexibility index (Phi) is 3.77. The zero-order valence-corrected chi connectivity index (χ0v) is 11.5. The maximum absolute atomic E-state index is 11.6. The molecule has 0 saturated carbocycles. The summed E-state index contributed by atoms with van der Waals surface area (Å²) in [6.07, 6.45) is 1.17. The van der Waals surface area contributed by atoms with E-state index in [1.807, 2.05) is 0 Å². The van der Waals surface area contributed by atoms with Crippen LogP contribution in [0, 0.1) is 0 Å². The minimum atomic E-state index is -3.28. The van der Waals surface area contributed by atoms with Crippen LogP contribution in [-0.2, 0) is 9.84 Å². The van der Waals surface area contributed by atoms with Crippen LogP contribution in [0.4, 0.5) is 5.69 Å². The molecule has 0 aromatic heterocycles. The predicted molar refractivity (Wildman–Crippen MR) is 73.4 cm³/mol. The highest BCUT2D eigenvalue weighted by molar-refractivity contribution is 7.90. The summed E-state index contributed by atoms with van der Waals surface area (Å²) in [7, 11) is -3.28. The van der Waals surface area contributed by atoms with Gasteiger partial charge in [0.25, 0.3) is 0 Å². The number of amidine groups is 1. The lowest BCUT2D eigenvalue weighted by Gasteiger charge is -2.11. The summed E-state index contributed by atoms with van der Waals surface area (Å²) in [5, 5.41) is 6.64. The van der Waals surface area contributed by atoms with E-state index in [0.29, 0.717) is 17.3 Å². The van der Waals surface area contributed by atoms with E-state index in [0.717, 1.165) is 18.9 Å². The molecule has 5 nitrogen and oxygen atoms in total. The van der Waals surface area contributed by atoms with Crippen LogP contribution < -0.4 is 10.6 Å². The van der Waals surface area contributed by atoms with Gasteiger partial charge >= 0.3 is 0 Å². The van der Waals surface area contributed by atoms with Crippen LogP contribution in [0.15, 0.2) is 28.1 Å². The minimum Gasteiger partial charge on any atom is -0.377 e. The molecule has 1 aliphatic heterocycles. The molecule has 0 radical (unpaired) electrons. The number of rotatable bonds is 4. The van der Waals surface area contributed by atoms with Gasteiger partial charge in [-0.3, -0.25) is 4.99 Å². The van der Waals surface area contributed by atoms with Crippen LogP contribution in [0.5, 0.6) is 0 Å². The number of hydrogen-bond donors (Lipinski definition) is 2.